The number of hydrogen-bond donors (Lipinski definition) is 1. The molecule has 0 atom stereocenters. The normalized spacial score (nSPS) is 15.9. The monoisotopic (exact) mass is 374 g/mol. The van der Waals surface area contributed by atoms with Crippen LogP contribution in [0, 0.1) is 5.82 Å². The molecule has 1 fully saturated rings. The summed E-state index contributed by atoms with van der Waals surface area (Å²) in [6.45, 7) is 0.950. The van der Waals surface area contributed by atoms with Gasteiger partial charge < -0.3 is 14.6 Å². The van der Waals surface area contributed by atoms with E-state index in [1.165, 1.54) is 38.2 Å². The first-order valence-corrected chi connectivity index (χ1v) is 9.94. The van der Waals surface area contributed by atoms with Crippen LogP contribution in [0.5, 0.6) is 0 Å². The van der Waals surface area contributed by atoms with E-state index >= 15 is 0 Å². The third kappa shape index (κ3) is 5.56. The molecule has 0 bridgehead atoms. The van der Waals surface area contributed by atoms with Crippen molar-refractivity contribution in [1.82, 2.24) is 10.2 Å². The minimum atomic E-state index is -0.203. The molecule has 0 aliphatic heterocycles. The van der Waals surface area contributed by atoms with Gasteiger partial charge in [0.15, 0.2) is 5.11 Å². The van der Waals surface area contributed by atoms with Gasteiger partial charge in [-0.1, -0.05) is 50.3 Å². The fourth-order valence-corrected chi connectivity index (χ4v) is 3.78. The van der Waals surface area contributed by atoms with Crippen LogP contribution >= 0.6 is 12.2 Å². The third-order valence-corrected chi connectivity index (χ3v) is 5.34. The molecule has 0 spiro atoms. The van der Waals surface area contributed by atoms with E-state index in [1.807, 2.05) is 29.2 Å². The molecule has 140 valence electrons. The molecule has 2 aromatic rings. The first-order valence-electron chi connectivity index (χ1n) is 9.53. The Bertz CT molecular complexity index is 681. The maximum atomic E-state index is 14.1. The molecule has 1 aliphatic rings. The van der Waals surface area contributed by atoms with Crippen molar-refractivity contribution in [2.75, 3.05) is 0 Å². The van der Waals surface area contributed by atoms with Crippen LogP contribution in [-0.2, 0) is 13.1 Å². The third-order valence-electron chi connectivity index (χ3n) is 4.97. The van der Waals surface area contributed by atoms with Crippen molar-refractivity contribution in [3.8, 4) is 0 Å². The van der Waals surface area contributed by atoms with Gasteiger partial charge in [0.05, 0.1) is 12.8 Å². The molecule has 1 N–H and O–H groups in total. The summed E-state index contributed by atoms with van der Waals surface area (Å²) in [6, 6.07) is 11.1. The Morgan fingerprint density at radius 2 is 1.77 bits per heavy atom. The molecule has 1 heterocycles. The number of hydrogen-bond acceptors (Lipinski definition) is 2. The topological polar surface area (TPSA) is 28.4 Å². The number of furan rings is 1. The standard InChI is InChI=1S/C21H27FN2OS/c22-20-13-7-6-9-17(20)15-24(16-19-12-8-14-25-19)21(26)23-18-10-4-2-1-3-5-11-18/h6-9,12-14,18H,1-5,10-11,15-16H2,(H,23,26). The second kappa shape index (κ2) is 9.72. The van der Waals surface area contributed by atoms with Gasteiger partial charge in [-0.2, -0.15) is 0 Å². The van der Waals surface area contributed by atoms with Gasteiger partial charge in [-0.3, -0.25) is 0 Å². The van der Waals surface area contributed by atoms with Gasteiger partial charge in [-0.05, 0) is 43.3 Å². The van der Waals surface area contributed by atoms with E-state index in [2.05, 4.69) is 5.32 Å². The second-order valence-corrected chi connectivity index (χ2v) is 7.41. The Morgan fingerprint density at radius 3 is 2.46 bits per heavy atom. The lowest BCUT2D eigenvalue weighted by Gasteiger charge is -2.29. The SMILES string of the molecule is Fc1ccccc1CN(Cc1ccco1)C(=S)NC1CCCCCCC1. The highest BCUT2D eigenvalue weighted by atomic mass is 32.1. The van der Waals surface area contributed by atoms with Gasteiger partial charge >= 0.3 is 0 Å². The van der Waals surface area contributed by atoms with Crippen LogP contribution < -0.4 is 5.32 Å². The Hall–Kier alpha value is -1.88. The summed E-state index contributed by atoms with van der Waals surface area (Å²) in [4.78, 5) is 1.99. The van der Waals surface area contributed by atoms with E-state index < -0.39 is 0 Å². The van der Waals surface area contributed by atoms with Crippen molar-refractivity contribution in [3.05, 3.63) is 59.8 Å². The minimum Gasteiger partial charge on any atom is -0.467 e. The summed E-state index contributed by atoms with van der Waals surface area (Å²) in [5, 5.41) is 4.21. The van der Waals surface area contributed by atoms with Crippen molar-refractivity contribution in [1.29, 1.82) is 0 Å². The highest BCUT2D eigenvalue weighted by Gasteiger charge is 2.18. The van der Waals surface area contributed by atoms with Crippen LogP contribution in [0.3, 0.4) is 0 Å². The number of thiocarbonyl (C=S) groups is 1. The average Bonchev–Trinajstić information content (AvgIpc) is 3.11. The Morgan fingerprint density at radius 1 is 1.04 bits per heavy atom. The van der Waals surface area contributed by atoms with Crippen LogP contribution in [0.2, 0.25) is 0 Å². The van der Waals surface area contributed by atoms with Gasteiger partial charge in [0.25, 0.3) is 0 Å². The molecule has 0 unspecified atom stereocenters. The molecule has 1 aromatic heterocycles. The summed E-state index contributed by atoms with van der Waals surface area (Å²) < 4.78 is 19.6. The average molecular weight is 375 g/mol. The second-order valence-electron chi connectivity index (χ2n) is 7.02. The zero-order chi connectivity index (χ0) is 18.2. The van der Waals surface area contributed by atoms with Gasteiger partial charge in [-0.25, -0.2) is 4.39 Å². The molecule has 1 aromatic carbocycles. The lowest BCUT2D eigenvalue weighted by Crippen LogP contribution is -2.44. The fraction of sp³-hybridized carbons (Fsp3) is 0.476. The van der Waals surface area contributed by atoms with Crippen LogP contribution in [0.15, 0.2) is 47.1 Å². The predicted octanol–water partition coefficient (Wildman–Crippen LogP) is 5.41. The van der Waals surface area contributed by atoms with Crippen LogP contribution in [-0.4, -0.2) is 16.1 Å². The molecule has 1 saturated carbocycles. The summed E-state index contributed by atoms with van der Waals surface area (Å²) in [5.74, 6) is 0.619. The number of benzene rings is 1. The Kier molecular flexibility index (Phi) is 7.06. The summed E-state index contributed by atoms with van der Waals surface area (Å²) in [5.41, 5.74) is 0.640. The quantitative estimate of drug-likeness (QED) is 0.709. The first kappa shape index (κ1) is 18.9. The van der Waals surface area contributed by atoms with Crippen molar-refractivity contribution >= 4 is 17.3 Å². The zero-order valence-corrected chi connectivity index (χ0v) is 15.9. The van der Waals surface area contributed by atoms with Gasteiger partial charge in [-0.15, -0.1) is 0 Å². The first-order chi connectivity index (χ1) is 12.7. The molecule has 0 amide bonds. The lowest BCUT2D eigenvalue weighted by molar-refractivity contribution is 0.334. The Balaban J connectivity index is 1.69. The molecule has 26 heavy (non-hydrogen) atoms. The highest BCUT2D eigenvalue weighted by molar-refractivity contribution is 7.80. The predicted molar refractivity (Wildman–Crippen MR) is 106 cm³/mol. The molecule has 3 rings (SSSR count). The van der Waals surface area contributed by atoms with Crippen molar-refractivity contribution in [2.45, 2.75) is 64.1 Å². The van der Waals surface area contributed by atoms with Gasteiger partial charge in [0.1, 0.15) is 11.6 Å². The van der Waals surface area contributed by atoms with Crippen molar-refractivity contribution in [2.24, 2.45) is 0 Å². The Labute approximate surface area is 160 Å². The molecule has 0 saturated heterocycles. The lowest BCUT2D eigenvalue weighted by atomic mass is 9.97. The molecule has 5 heteroatoms. The largest absolute Gasteiger partial charge is 0.467 e. The maximum absolute atomic E-state index is 14.1. The fourth-order valence-electron chi connectivity index (χ4n) is 3.49. The maximum Gasteiger partial charge on any atom is 0.169 e. The highest BCUT2D eigenvalue weighted by Crippen LogP contribution is 2.19. The van der Waals surface area contributed by atoms with Gasteiger partial charge in [0, 0.05) is 18.2 Å². The van der Waals surface area contributed by atoms with E-state index in [0.29, 0.717) is 29.8 Å². The van der Waals surface area contributed by atoms with Crippen LogP contribution in [0.4, 0.5) is 4.39 Å². The molecule has 1 aliphatic carbocycles. The van der Waals surface area contributed by atoms with Crippen molar-refractivity contribution < 1.29 is 8.81 Å². The molecule has 0 radical (unpaired) electrons. The van der Waals surface area contributed by atoms with E-state index in [0.717, 1.165) is 18.6 Å². The molecule has 3 nitrogen and oxygen atoms in total. The number of nitrogens with one attached hydrogen (secondary N) is 1. The minimum absolute atomic E-state index is 0.203. The smallest absolute Gasteiger partial charge is 0.169 e. The number of nitrogens with zero attached hydrogens (tertiary/aromatic N) is 1. The van der Waals surface area contributed by atoms with Crippen LogP contribution in [0.25, 0.3) is 0 Å². The summed E-state index contributed by atoms with van der Waals surface area (Å²) in [7, 11) is 0. The van der Waals surface area contributed by atoms with Crippen molar-refractivity contribution in [3.63, 3.8) is 0 Å². The van der Waals surface area contributed by atoms with E-state index in [1.54, 1.807) is 12.3 Å². The summed E-state index contributed by atoms with van der Waals surface area (Å²) in [6.07, 6.45) is 10.4. The van der Waals surface area contributed by atoms with E-state index in [9.17, 15) is 4.39 Å². The van der Waals surface area contributed by atoms with E-state index in [-0.39, 0.29) is 5.82 Å². The molecular formula is C21H27FN2OS. The summed E-state index contributed by atoms with van der Waals surface area (Å²) >= 11 is 5.70. The molecular weight excluding hydrogens is 347 g/mol. The van der Waals surface area contributed by atoms with Crippen LogP contribution in [0.1, 0.15) is 56.3 Å². The van der Waals surface area contributed by atoms with Gasteiger partial charge in [0.2, 0.25) is 0 Å². The number of halogens is 1. The van der Waals surface area contributed by atoms with E-state index in [4.69, 9.17) is 16.6 Å². The zero-order valence-electron chi connectivity index (χ0n) is 15.1. The number of rotatable bonds is 5.